The van der Waals surface area contributed by atoms with E-state index in [2.05, 4.69) is 12.1 Å². The Labute approximate surface area is 114 Å². The molecule has 1 unspecified atom stereocenters. The number of carboxylic acids is 1. The van der Waals surface area contributed by atoms with Gasteiger partial charge in [0.1, 0.15) is 5.75 Å². The van der Waals surface area contributed by atoms with E-state index in [0.29, 0.717) is 6.54 Å². The van der Waals surface area contributed by atoms with Gasteiger partial charge in [-0.05, 0) is 37.1 Å². The van der Waals surface area contributed by atoms with E-state index in [1.165, 1.54) is 11.1 Å². The third-order valence-electron chi connectivity index (χ3n) is 3.43. The molecule has 104 valence electrons. The molecule has 4 heteroatoms. The molecule has 2 rings (SSSR count). The second-order valence-electron chi connectivity index (χ2n) is 5.33. The van der Waals surface area contributed by atoms with Gasteiger partial charge in [0.15, 0.2) is 0 Å². The first-order valence-corrected chi connectivity index (χ1v) is 6.72. The van der Waals surface area contributed by atoms with Gasteiger partial charge in [-0.1, -0.05) is 19.1 Å². The molecule has 1 aromatic rings. The summed E-state index contributed by atoms with van der Waals surface area (Å²) in [6.07, 6.45) is 2.14. The molecule has 1 aliphatic heterocycles. The molecule has 1 aliphatic rings. The molecule has 19 heavy (non-hydrogen) atoms. The van der Waals surface area contributed by atoms with Crippen molar-refractivity contribution < 1.29 is 14.6 Å². The third kappa shape index (κ3) is 3.70. The van der Waals surface area contributed by atoms with E-state index in [9.17, 15) is 4.79 Å². The highest BCUT2D eigenvalue weighted by Crippen LogP contribution is 2.25. The van der Waals surface area contributed by atoms with Gasteiger partial charge in [0.05, 0.1) is 12.5 Å². The molecule has 0 aliphatic carbocycles. The maximum absolute atomic E-state index is 10.8. The van der Waals surface area contributed by atoms with Gasteiger partial charge < -0.3 is 14.7 Å². The first-order valence-electron chi connectivity index (χ1n) is 6.72. The van der Waals surface area contributed by atoms with Crippen LogP contribution in [0.5, 0.6) is 5.75 Å². The van der Waals surface area contributed by atoms with Crippen molar-refractivity contribution >= 4 is 5.97 Å². The molecule has 0 amide bonds. The van der Waals surface area contributed by atoms with Crippen LogP contribution in [0.4, 0.5) is 0 Å². The average Bonchev–Trinajstić information content (AvgIpc) is 2.38. The van der Waals surface area contributed by atoms with E-state index in [1.54, 1.807) is 6.92 Å². The van der Waals surface area contributed by atoms with Crippen LogP contribution in [0, 0.1) is 5.92 Å². The van der Waals surface area contributed by atoms with Crippen molar-refractivity contribution in [2.75, 3.05) is 20.2 Å². The van der Waals surface area contributed by atoms with Gasteiger partial charge in [0.25, 0.3) is 0 Å². The number of benzene rings is 1. The first-order chi connectivity index (χ1) is 9.06. The summed E-state index contributed by atoms with van der Waals surface area (Å²) in [4.78, 5) is 12.9. The minimum absolute atomic E-state index is 0.342. The number of aliphatic carboxylic acids is 1. The van der Waals surface area contributed by atoms with Gasteiger partial charge in [0.2, 0.25) is 0 Å². The van der Waals surface area contributed by atoms with Crippen LogP contribution in [0.15, 0.2) is 18.2 Å². The number of nitrogens with zero attached hydrogens (tertiary/aromatic N) is 1. The van der Waals surface area contributed by atoms with Crippen molar-refractivity contribution in [1.82, 2.24) is 4.90 Å². The number of carboxylic acid groups (broad SMARTS) is 1. The molecule has 1 atom stereocenters. The Hall–Kier alpha value is -1.55. The van der Waals surface area contributed by atoms with Crippen molar-refractivity contribution in [2.45, 2.75) is 26.3 Å². The monoisotopic (exact) mass is 263 g/mol. The van der Waals surface area contributed by atoms with Gasteiger partial charge in [-0.2, -0.15) is 0 Å². The van der Waals surface area contributed by atoms with Crippen molar-refractivity contribution in [3.8, 4) is 5.75 Å². The fraction of sp³-hybridized carbons (Fsp3) is 0.533. The van der Waals surface area contributed by atoms with Crippen LogP contribution < -0.4 is 4.74 Å². The summed E-state index contributed by atoms with van der Waals surface area (Å²) in [7, 11) is 1.95. The van der Waals surface area contributed by atoms with Gasteiger partial charge in [-0.3, -0.25) is 4.79 Å². The zero-order valence-corrected chi connectivity index (χ0v) is 11.6. The summed E-state index contributed by atoms with van der Waals surface area (Å²) in [5.74, 6) is -0.0896. The van der Waals surface area contributed by atoms with E-state index in [4.69, 9.17) is 9.84 Å². The zero-order chi connectivity index (χ0) is 13.8. The minimum atomic E-state index is -0.745. The first kappa shape index (κ1) is 13.9. The van der Waals surface area contributed by atoms with E-state index in [1.807, 2.05) is 18.0 Å². The van der Waals surface area contributed by atoms with Crippen LogP contribution in [0.3, 0.4) is 0 Å². The highest BCUT2D eigenvalue weighted by Gasteiger charge is 2.15. The number of rotatable bonds is 5. The topological polar surface area (TPSA) is 49.8 Å². The van der Waals surface area contributed by atoms with E-state index in [-0.39, 0.29) is 5.92 Å². The predicted octanol–water partition coefficient (Wildman–Crippen LogP) is 2.16. The number of carbonyl (C=O) groups is 1. The summed E-state index contributed by atoms with van der Waals surface area (Å²) < 4.78 is 5.59. The van der Waals surface area contributed by atoms with Crippen molar-refractivity contribution in [3.63, 3.8) is 0 Å². The van der Waals surface area contributed by atoms with Gasteiger partial charge in [-0.25, -0.2) is 0 Å². The number of hydrogen-bond donors (Lipinski definition) is 1. The largest absolute Gasteiger partial charge is 0.493 e. The molecule has 0 saturated heterocycles. The smallest absolute Gasteiger partial charge is 0.307 e. The standard InChI is InChI=1S/C15H21NO3/c1-11(15(17)18)9-16(2)10-12-5-6-14-13(8-12)4-3-7-19-14/h5-6,8,11H,3-4,7,9-10H2,1-2H3,(H,17,18). The SMILES string of the molecule is CC(CN(C)Cc1ccc2c(c1)CCCO2)C(=O)O. The van der Waals surface area contributed by atoms with Crippen LogP contribution in [0.2, 0.25) is 0 Å². The zero-order valence-electron chi connectivity index (χ0n) is 11.6. The summed E-state index contributed by atoms with van der Waals surface area (Å²) >= 11 is 0. The van der Waals surface area contributed by atoms with E-state index >= 15 is 0 Å². The van der Waals surface area contributed by atoms with E-state index in [0.717, 1.165) is 31.7 Å². The second kappa shape index (κ2) is 6.06. The highest BCUT2D eigenvalue weighted by molar-refractivity contribution is 5.69. The lowest BCUT2D eigenvalue weighted by molar-refractivity contribution is -0.141. The fourth-order valence-electron chi connectivity index (χ4n) is 2.43. The lowest BCUT2D eigenvalue weighted by Crippen LogP contribution is -2.28. The second-order valence-corrected chi connectivity index (χ2v) is 5.33. The quantitative estimate of drug-likeness (QED) is 0.884. The minimum Gasteiger partial charge on any atom is -0.493 e. The summed E-state index contributed by atoms with van der Waals surface area (Å²) in [5.41, 5.74) is 2.48. The molecular formula is C15H21NO3. The summed E-state index contributed by atoms with van der Waals surface area (Å²) in [5, 5.41) is 8.91. The molecule has 1 heterocycles. The predicted molar refractivity (Wildman–Crippen MR) is 73.4 cm³/mol. The molecule has 0 saturated carbocycles. The number of aryl methyl sites for hydroxylation is 1. The Balaban J connectivity index is 1.97. The maximum atomic E-state index is 10.8. The highest BCUT2D eigenvalue weighted by atomic mass is 16.5. The van der Waals surface area contributed by atoms with E-state index < -0.39 is 5.97 Å². The lowest BCUT2D eigenvalue weighted by atomic mass is 10.0. The maximum Gasteiger partial charge on any atom is 0.307 e. The molecule has 0 radical (unpaired) electrons. The fourth-order valence-corrected chi connectivity index (χ4v) is 2.43. The molecule has 1 N–H and O–H groups in total. The Bertz CT molecular complexity index is 459. The lowest BCUT2D eigenvalue weighted by Gasteiger charge is -2.21. The van der Waals surface area contributed by atoms with Crippen LogP contribution in [0.25, 0.3) is 0 Å². The summed E-state index contributed by atoms with van der Waals surface area (Å²) in [6.45, 7) is 3.87. The number of hydrogen-bond acceptors (Lipinski definition) is 3. The van der Waals surface area contributed by atoms with Crippen LogP contribution >= 0.6 is 0 Å². The van der Waals surface area contributed by atoms with Gasteiger partial charge in [-0.15, -0.1) is 0 Å². The van der Waals surface area contributed by atoms with Crippen LogP contribution in [-0.2, 0) is 17.8 Å². The number of ether oxygens (including phenoxy) is 1. The Morgan fingerprint density at radius 2 is 2.32 bits per heavy atom. The number of fused-ring (bicyclic) bond motifs is 1. The Kier molecular flexibility index (Phi) is 4.43. The van der Waals surface area contributed by atoms with Crippen LogP contribution in [0.1, 0.15) is 24.5 Å². The van der Waals surface area contributed by atoms with Gasteiger partial charge >= 0.3 is 5.97 Å². The molecule has 0 aromatic heterocycles. The van der Waals surface area contributed by atoms with Crippen molar-refractivity contribution in [2.24, 2.45) is 5.92 Å². The van der Waals surface area contributed by atoms with Crippen molar-refractivity contribution in [3.05, 3.63) is 29.3 Å². The normalized spacial score (nSPS) is 15.7. The Morgan fingerprint density at radius 1 is 1.53 bits per heavy atom. The molecular weight excluding hydrogens is 242 g/mol. The molecule has 0 bridgehead atoms. The average molecular weight is 263 g/mol. The third-order valence-corrected chi connectivity index (χ3v) is 3.43. The van der Waals surface area contributed by atoms with Gasteiger partial charge in [0, 0.05) is 13.1 Å². The van der Waals surface area contributed by atoms with Crippen LogP contribution in [-0.4, -0.2) is 36.2 Å². The molecule has 0 spiro atoms. The Morgan fingerprint density at radius 3 is 3.05 bits per heavy atom. The molecule has 4 nitrogen and oxygen atoms in total. The molecule has 0 fully saturated rings. The van der Waals surface area contributed by atoms with Crippen molar-refractivity contribution in [1.29, 1.82) is 0 Å². The summed E-state index contributed by atoms with van der Waals surface area (Å²) in [6, 6.07) is 6.26. The molecule has 1 aromatic carbocycles.